The molecule has 0 aromatic heterocycles. The summed E-state index contributed by atoms with van der Waals surface area (Å²) in [5, 5.41) is 0. The van der Waals surface area contributed by atoms with E-state index in [2.05, 4.69) is 39.8 Å². The van der Waals surface area contributed by atoms with Gasteiger partial charge in [0, 0.05) is 24.2 Å². The van der Waals surface area contributed by atoms with Crippen molar-refractivity contribution in [3.05, 3.63) is 64.7 Å². The summed E-state index contributed by atoms with van der Waals surface area (Å²) < 4.78 is 0. The van der Waals surface area contributed by atoms with E-state index in [-0.39, 0.29) is 11.8 Å². The third-order valence-corrected chi connectivity index (χ3v) is 5.92. The van der Waals surface area contributed by atoms with Gasteiger partial charge in [0.15, 0.2) is 0 Å². The SMILES string of the molecule is C/C=C/c1ccc2c(c1)N(CC(C)C)C(=O)/C2=C1/C(=O)N(CC(C)C)c2cc(C)ccc21. The van der Waals surface area contributed by atoms with Crippen LogP contribution in [0, 0.1) is 18.8 Å². The molecule has 0 saturated carbocycles. The Labute approximate surface area is 191 Å². The van der Waals surface area contributed by atoms with Crippen LogP contribution in [0.1, 0.15) is 56.9 Å². The molecule has 0 saturated heterocycles. The largest absolute Gasteiger partial charge is 0.307 e. The quantitative estimate of drug-likeness (QED) is 0.553. The predicted molar refractivity (Wildman–Crippen MR) is 134 cm³/mol. The predicted octanol–water partition coefficient (Wildman–Crippen LogP) is 5.94. The molecule has 0 bridgehead atoms. The monoisotopic (exact) mass is 428 g/mol. The third kappa shape index (κ3) is 3.68. The first-order chi connectivity index (χ1) is 15.2. The molecule has 0 fully saturated rings. The van der Waals surface area contributed by atoms with E-state index in [0.717, 1.165) is 33.6 Å². The number of rotatable bonds is 5. The number of aryl methyl sites for hydroxylation is 1. The van der Waals surface area contributed by atoms with E-state index in [1.54, 1.807) is 0 Å². The molecule has 2 heterocycles. The number of nitrogens with zero attached hydrogens (tertiary/aromatic N) is 2. The van der Waals surface area contributed by atoms with Crippen molar-refractivity contribution in [2.24, 2.45) is 11.8 Å². The van der Waals surface area contributed by atoms with Crippen LogP contribution >= 0.6 is 0 Å². The van der Waals surface area contributed by atoms with Gasteiger partial charge in [0.1, 0.15) is 0 Å². The molecule has 0 unspecified atom stereocenters. The van der Waals surface area contributed by atoms with Gasteiger partial charge >= 0.3 is 0 Å². The first-order valence-electron chi connectivity index (χ1n) is 11.5. The van der Waals surface area contributed by atoms with Crippen LogP contribution in [0.5, 0.6) is 0 Å². The first-order valence-corrected chi connectivity index (χ1v) is 11.5. The molecule has 4 nitrogen and oxygen atoms in total. The van der Waals surface area contributed by atoms with Gasteiger partial charge in [0.05, 0.1) is 22.5 Å². The molecule has 0 radical (unpaired) electrons. The number of carbonyl (C=O) groups excluding carboxylic acids is 2. The second-order valence-electron chi connectivity index (χ2n) is 9.67. The zero-order valence-electron chi connectivity index (χ0n) is 19.9. The maximum Gasteiger partial charge on any atom is 0.259 e. The molecule has 0 spiro atoms. The fourth-order valence-electron chi connectivity index (χ4n) is 4.65. The molecule has 2 aliphatic rings. The summed E-state index contributed by atoms with van der Waals surface area (Å²) in [7, 11) is 0. The van der Waals surface area contributed by atoms with E-state index in [4.69, 9.17) is 0 Å². The minimum atomic E-state index is -0.0763. The lowest BCUT2D eigenvalue weighted by Gasteiger charge is -2.20. The molecule has 0 N–H and O–H groups in total. The van der Waals surface area contributed by atoms with Gasteiger partial charge in [-0.15, -0.1) is 0 Å². The number of hydrogen-bond donors (Lipinski definition) is 0. The fraction of sp³-hybridized carbons (Fsp3) is 0.357. The summed E-state index contributed by atoms with van der Waals surface area (Å²) in [6.07, 6.45) is 4.03. The number of hydrogen-bond acceptors (Lipinski definition) is 2. The molecule has 2 aromatic carbocycles. The Morgan fingerprint density at radius 3 is 1.78 bits per heavy atom. The maximum atomic E-state index is 13.8. The van der Waals surface area contributed by atoms with Crippen molar-refractivity contribution in [1.82, 2.24) is 0 Å². The van der Waals surface area contributed by atoms with Gasteiger partial charge in [0.2, 0.25) is 0 Å². The summed E-state index contributed by atoms with van der Waals surface area (Å²) >= 11 is 0. The van der Waals surface area contributed by atoms with E-state index in [9.17, 15) is 9.59 Å². The molecule has 2 aliphatic heterocycles. The molecule has 32 heavy (non-hydrogen) atoms. The number of fused-ring (bicyclic) bond motifs is 2. The highest BCUT2D eigenvalue weighted by Gasteiger charge is 2.42. The Morgan fingerprint density at radius 2 is 1.28 bits per heavy atom. The number of anilines is 2. The van der Waals surface area contributed by atoms with Crippen LogP contribution in [-0.2, 0) is 9.59 Å². The summed E-state index contributed by atoms with van der Waals surface area (Å²) in [6, 6.07) is 12.2. The van der Waals surface area contributed by atoms with Crippen molar-refractivity contribution in [2.45, 2.75) is 41.5 Å². The second kappa shape index (κ2) is 8.42. The van der Waals surface area contributed by atoms with Gasteiger partial charge in [-0.25, -0.2) is 0 Å². The Kier molecular flexibility index (Phi) is 5.81. The standard InChI is InChI=1S/C28H32N2O2/c1-7-8-20-10-12-22-24(14-20)30(16-18(4)5)28(32)26(22)25-21-11-9-19(6)13-23(21)29(27(25)31)15-17(2)3/h7-14,17-18H,15-16H2,1-6H3/b8-7+,26-25+. The van der Waals surface area contributed by atoms with Crippen LogP contribution in [0.2, 0.25) is 0 Å². The number of benzene rings is 2. The highest BCUT2D eigenvalue weighted by Crippen LogP contribution is 2.47. The van der Waals surface area contributed by atoms with Crippen molar-refractivity contribution in [3.63, 3.8) is 0 Å². The van der Waals surface area contributed by atoms with Gasteiger partial charge in [-0.2, -0.15) is 0 Å². The van der Waals surface area contributed by atoms with Crippen LogP contribution in [0.4, 0.5) is 11.4 Å². The highest BCUT2D eigenvalue weighted by atomic mass is 16.2. The lowest BCUT2D eigenvalue weighted by molar-refractivity contribution is -0.114. The average molecular weight is 429 g/mol. The smallest absolute Gasteiger partial charge is 0.259 e. The third-order valence-electron chi connectivity index (χ3n) is 5.92. The summed E-state index contributed by atoms with van der Waals surface area (Å²) in [4.78, 5) is 31.2. The van der Waals surface area contributed by atoms with E-state index in [0.29, 0.717) is 36.1 Å². The molecule has 2 aromatic rings. The lowest BCUT2D eigenvalue weighted by Crippen LogP contribution is -2.32. The van der Waals surface area contributed by atoms with Crippen molar-refractivity contribution >= 4 is 40.4 Å². The van der Waals surface area contributed by atoms with Gasteiger partial charge in [0.25, 0.3) is 11.8 Å². The average Bonchev–Trinajstić information content (AvgIpc) is 3.13. The Balaban J connectivity index is 1.97. The molecule has 0 atom stereocenters. The van der Waals surface area contributed by atoms with E-state index in [1.165, 1.54) is 0 Å². The van der Waals surface area contributed by atoms with Crippen LogP contribution in [-0.4, -0.2) is 24.9 Å². The molecule has 4 rings (SSSR count). The Hall–Kier alpha value is -3.14. The molecular weight excluding hydrogens is 396 g/mol. The molecule has 4 heteroatoms. The van der Waals surface area contributed by atoms with Gasteiger partial charge in [-0.3, -0.25) is 9.59 Å². The van der Waals surface area contributed by atoms with E-state index in [1.807, 2.05) is 60.1 Å². The molecule has 166 valence electrons. The van der Waals surface area contributed by atoms with Crippen molar-refractivity contribution in [3.8, 4) is 0 Å². The fourth-order valence-corrected chi connectivity index (χ4v) is 4.65. The second-order valence-corrected chi connectivity index (χ2v) is 9.67. The summed E-state index contributed by atoms with van der Waals surface area (Å²) in [6.45, 7) is 13.7. The van der Waals surface area contributed by atoms with Gasteiger partial charge < -0.3 is 9.80 Å². The van der Waals surface area contributed by atoms with Gasteiger partial charge in [-0.1, -0.05) is 64.1 Å². The van der Waals surface area contributed by atoms with Crippen molar-refractivity contribution < 1.29 is 9.59 Å². The Bertz CT molecular complexity index is 1150. The van der Waals surface area contributed by atoms with E-state index < -0.39 is 0 Å². The zero-order chi connectivity index (χ0) is 23.2. The Morgan fingerprint density at radius 1 is 0.781 bits per heavy atom. The normalized spacial score (nSPS) is 18.0. The highest BCUT2D eigenvalue weighted by molar-refractivity contribution is 6.49. The molecule has 2 amide bonds. The number of allylic oxidation sites excluding steroid dienone is 1. The maximum absolute atomic E-state index is 13.8. The van der Waals surface area contributed by atoms with Crippen LogP contribution in [0.25, 0.3) is 17.2 Å². The minimum Gasteiger partial charge on any atom is -0.307 e. The van der Waals surface area contributed by atoms with Crippen molar-refractivity contribution in [2.75, 3.05) is 22.9 Å². The zero-order valence-corrected chi connectivity index (χ0v) is 19.9. The van der Waals surface area contributed by atoms with E-state index >= 15 is 0 Å². The van der Waals surface area contributed by atoms with Gasteiger partial charge in [-0.05, 0) is 48.9 Å². The topological polar surface area (TPSA) is 40.6 Å². The lowest BCUT2D eigenvalue weighted by atomic mass is 9.95. The minimum absolute atomic E-state index is 0.0717. The number of amides is 2. The molecular formula is C28H32N2O2. The van der Waals surface area contributed by atoms with Crippen LogP contribution in [0.3, 0.4) is 0 Å². The van der Waals surface area contributed by atoms with Crippen LogP contribution < -0.4 is 9.80 Å². The first kappa shape index (κ1) is 22.1. The number of carbonyl (C=O) groups is 2. The molecule has 0 aliphatic carbocycles. The van der Waals surface area contributed by atoms with Crippen molar-refractivity contribution in [1.29, 1.82) is 0 Å². The van der Waals surface area contributed by atoms with Crippen LogP contribution in [0.15, 0.2) is 42.5 Å². The summed E-state index contributed by atoms with van der Waals surface area (Å²) in [5.74, 6) is 0.488. The summed E-state index contributed by atoms with van der Waals surface area (Å²) in [5.41, 5.74) is 6.75.